The van der Waals surface area contributed by atoms with Crippen molar-refractivity contribution < 1.29 is 14.3 Å². The molecule has 0 atom stereocenters. The molecule has 6 nitrogen and oxygen atoms in total. The van der Waals surface area contributed by atoms with E-state index in [9.17, 15) is 4.79 Å². The number of hydrogen-bond acceptors (Lipinski definition) is 5. The molecule has 0 unspecified atom stereocenters. The van der Waals surface area contributed by atoms with Crippen LogP contribution in [0, 0.1) is 0 Å². The van der Waals surface area contributed by atoms with Crippen molar-refractivity contribution in [1.29, 1.82) is 0 Å². The van der Waals surface area contributed by atoms with Gasteiger partial charge in [-0.05, 0) is 38.1 Å². The lowest BCUT2D eigenvalue weighted by molar-refractivity contribution is 0.0377. The Labute approximate surface area is 140 Å². The first kappa shape index (κ1) is 16.0. The molecule has 0 spiro atoms. The third kappa shape index (κ3) is 2.82. The summed E-state index contributed by atoms with van der Waals surface area (Å²) in [6, 6.07) is 9.05. The molecule has 3 rings (SSSR count). The second-order valence-electron chi connectivity index (χ2n) is 5.71. The molecule has 0 saturated heterocycles. The average molecular weight is 325 g/mol. The second-order valence-corrected chi connectivity index (χ2v) is 5.71. The van der Waals surface area contributed by atoms with Gasteiger partial charge in [0.15, 0.2) is 5.82 Å². The number of carbonyl (C=O) groups excluding carboxylic acids is 1. The Hall–Kier alpha value is -2.89. The van der Waals surface area contributed by atoms with Crippen molar-refractivity contribution in [3.8, 4) is 17.3 Å². The highest BCUT2D eigenvalue weighted by Gasteiger charge is 2.19. The second kappa shape index (κ2) is 6.31. The van der Waals surface area contributed by atoms with E-state index in [0.717, 1.165) is 11.2 Å². The number of rotatable bonds is 4. The smallest absolute Gasteiger partial charge is 0.338 e. The largest absolute Gasteiger partial charge is 0.494 e. The first-order chi connectivity index (χ1) is 11.5. The van der Waals surface area contributed by atoms with Crippen LogP contribution in [0.15, 0.2) is 36.5 Å². The lowest BCUT2D eigenvalue weighted by Crippen LogP contribution is -2.11. The summed E-state index contributed by atoms with van der Waals surface area (Å²) < 4.78 is 12.6. The number of hydrogen-bond donors (Lipinski definition) is 0. The molecule has 3 aromatic rings. The van der Waals surface area contributed by atoms with Crippen LogP contribution in [-0.2, 0) is 11.8 Å². The third-order valence-corrected chi connectivity index (χ3v) is 3.63. The van der Waals surface area contributed by atoms with Crippen LogP contribution >= 0.6 is 0 Å². The normalized spacial score (nSPS) is 11.0. The van der Waals surface area contributed by atoms with Crippen LogP contribution in [0.4, 0.5) is 0 Å². The van der Waals surface area contributed by atoms with Crippen LogP contribution in [0.3, 0.4) is 0 Å². The maximum absolute atomic E-state index is 12.2. The highest BCUT2D eigenvalue weighted by molar-refractivity contribution is 5.97. The Morgan fingerprint density at radius 1 is 1.25 bits per heavy atom. The maximum Gasteiger partial charge on any atom is 0.338 e. The molecule has 0 N–H and O–H groups in total. The zero-order valence-corrected chi connectivity index (χ0v) is 14.1. The summed E-state index contributed by atoms with van der Waals surface area (Å²) in [7, 11) is 3.47. The number of fused-ring (bicyclic) bond motifs is 1. The molecule has 0 amide bonds. The fourth-order valence-corrected chi connectivity index (χ4v) is 2.59. The number of carbonyl (C=O) groups is 1. The Balaban J connectivity index is 2.17. The number of pyridine rings is 1. The van der Waals surface area contributed by atoms with Gasteiger partial charge in [-0.25, -0.2) is 9.78 Å². The van der Waals surface area contributed by atoms with Crippen LogP contribution < -0.4 is 4.74 Å². The number of aromatic nitrogens is 3. The van der Waals surface area contributed by atoms with Crippen molar-refractivity contribution in [3.05, 3.63) is 42.1 Å². The van der Waals surface area contributed by atoms with Gasteiger partial charge in [0, 0.05) is 13.2 Å². The molecule has 0 fully saturated rings. The van der Waals surface area contributed by atoms with Crippen molar-refractivity contribution >= 4 is 17.0 Å². The summed E-state index contributed by atoms with van der Waals surface area (Å²) in [6.07, 6.45) is 1.53. The van der Waals surface area contributed by atoms with Crippen molar-refractivity contribution in [1.82, 2.24) is 14.5 Å². The van der Waals surface area contributed by atoms with Gasteiger partial charge >= 0.3 is 5.97 Å². The van der Waals surface area contributed by atoms with Gasteiger partial charge in [-0.15, -0.1) is 0 Å². The van der Waals surface area contributed by atoms with Crippen LogP contribution in [0.2, 0.25) is 0 Å². The minimum Gasteiger partial charge on any atom is -0.494 e. The van der Waals surface area contributed by atoms with Crippen molar-refractivity contribution in [2.45, 2.75) is 20.0 Å². The summed E-state index contributed by atoms with van der Waals surface area (Å²) >= 11 is 0. The molecule has 0 aliphatic carbocycles. The summed E-state index contributed by atoms with van der Waals surface area (Å²) in [5.74, 6) is 0.883. The number of benzene rings is 1. The quantitative estimate of drug-likeness (QED) is 0.689. The highest BCUT2D eigenvalue weighted by atomic mass is 16.5. The number of aryl methyl sites for hydroxylation is 1. The van der Waals surface area contributed by atoms with E-state index in [0.29, 0.717) is 22.7 Å². The predicted octanol–water partition coefficient (Wildman–Crippen LogP) is 3.21. The average Bonchev–Trinajstić information content (AvgIpc) is 2.91. The molecular weight excluding hydrogens is 306 g/mol. The highest BCUT2D eigenvalue weighted by Crippen LogP contribution is 2.31. The monoisotopic (exact) mass is 325 g/mol. The molecule has 0 aliphatic heterocycles. The molecule has 1 aromatic carbocycles. The predicted molar refractivity (Wildman–Crippen MR) is 91.0 cm³/mol. The number of ether oxygens (including phenoxy) is 2. The topological polar surface area (TPSA) is 66.2 Å². The fourth-order valence-electron chi connectivity index (χ4n) is 2.59. The van der Waals surface area contributed by atoms with Gasteiger partial charge in [-0.2, -0.15) is 0 Å². The SMILES string of the molecule is COc1cc(C(=O)OC(C)C)cc2nc(-c3ccccn3)n(C)c12. The van der Waals surface area contributed by atoms with Gasteiger partial charge in [0.05, 0.1) is 24.3 Å². The number of nitrogens with zero attached hydrogens (tertiary/aromatic N) is 3. The summed E-state index contributed by atoms with van der Waals surface area (Å²) in [5, 5.41) is 0. The molecule has 2 aromatic heterocycles. The molecule has 2 heterocycles. The fraction of sp³-hybridized carbons (Fsp3) is 0.278. The maximum atomic E-state index is 12.2. The summed E-state index contributed by atoms with van der Waals surface area (Å²) in [6.45, 7) is 3.63. The van der Waals surface area contributed by atoms with E-state index in [1.807, 2.05) is 43.7 Å². The molecule has 0 radical (unpaired) electrons. The number of methoxy groups -OCH3 is 1. The van der Waals surface area contributed by atoms with Gasteiger partial charge < -0.3 is 14.0 Å². The summed E-state index contributed by atoms with van der Waals surface area (Å²) in [5.41, 5.74) is 2.63. The van der Waals surface area contributed by atoms with E-state index < -0.39 is 5.97 Å². The van der Waals surface area contributed by atoms with Gasteiger partial charge in [0.2, 0.25) is 0 Å². The van der Waals surface area contributed by atoms with Gasteiger partial charge in [-0.1, -0.05) is 6.07 Å². The standard InChI is InChI=1S/C18H19N3O3/c1-11(2)24-18(22)12-9-14-16(15(10-12)23-4)21(3)17(20-14)13-7-5-6-8-19-13/h5-11H,1-4H3. The van der Waals surface area contributed by atoms with E-state index in [-0.39, 0.29) is 6.10 Å². The van der Waals surface area contributed by atoms with Gasteiger partial charge in [0.1, 0.15) is 17.0 Å². The Bertz CT molecular complexity index is 885. The van der Waals surface area contributed by atoms with E-state index in [1.165, 1.54) is 0 Å². The Kier molecular flexibility index (Phi) is 4.20. The third-order valence-electron chi connectivity index (χ3n) is 3.63. The van der Waals surface area contributed by atoms with Gasteiger partial charge in [0.25, 0.3) is 0 Å². The minimum absolute atomic E-state index is 0.188. The van der Waals surface area contributed by atoms with Crippen LogP contribution in [-0.4, -0.2) is 33.7 Å². The molecule has 124 valence electrons. The van der Waals surface area contributed by atoms with E-state index in [1.54, 1.807) is 25.4 Å². The van der Waals surface area contributed by atoms with Crippen LogP contribution in [0.5, 0.6) is 5.75 Å². The number of esters is 1. The lowest BCUT2D eigenvalue weighted by Gasteiger charge is -2.10. The first-order valence-electron chi connectivity index (χ1n) is 7.68. The first-order valence-corrected chi connectivity index (χ1v) is 7.68. The zero-order chi connectivity index (χ0) is 17.3. The van der Waals surface area contributed by atoms with Crippen LogP contribution in [0.25, 0.3) is 22.6 Å². The molecule has 24 heavy (non-hydrogen) atoms. The Morgan fingerprint density at radius 2 is 2.04 bits per heavy atom. The van der Waals surface area contributed by atoms with Crippen molar-refractivity contribution in [3.63, 3.8) is 0 Å². The van der Waals surface area contributed by atoms with E-state index in [4.69, 9.17) is 9.47 Å². The summed E-state index contributed by atoms with van der Waals surface area (Å²) in [4.78, 5) is 21.2. The molecular formula is C18H19N3O3. The molecule has 0 bridgehead atoms. The van der Waals surface area contributed by atoms with Crippen LogP contribution in [0.1, 0.15) is 24.2 Å². The molecule has 0 saturated carbocycles. The Morgan fingerprint density at radius 3 is 2.67 bits per heavy atom. The lowest BCUT2D eigenvalue weighted by atomic mass is 10.2. The minimum atomic E-state index is -0.393. The zero-order valence-electron chi connectivity index (χ0n) is 14.1. The van der Waals surface area contributed by atoms with E-state index in [2.05, 4.69) is 9.97 Å². The van der Waals surface area contributed by atoms with Crippen molar-refractivity contribution in [2.24, 2.45) is 7.05 Å². The van der Waals surface area contributed by atoms with Crippen molar-refractivity contribution in [2.75, 3.05) is 7.11 Å². The van der Waals surface area contributed by atoms with E-state index >= 15 is 0 Å². The molecule has 0 aliphatic rings. The van der Waals surface area contributed by atoms with Gasteiger partial charge in [-0.3, -0.25) is 4.98 Å². The molecule has 6 heteroatoms. The number of imidazole rings is 1.